The standard InChI is InChI=1S/C21H19N7O2S/c1-2-16-17(26-21(29)30)11-28-19(16)20(22-12-24-28)25-14-5-6-18-13(8-14)9-23-27(18)10-15-4-3-7-31-15/h3-9,11-12,26H,2,10H2,1H3,(H,29,30)(H,22,24,25). The van der Waals surface area contributed by atoms with Crippen LogP contribution in [0, 0.1) is 0 Å². The van der Waals surface area contributed by atoms with Crippen LogP contribution < -0.4 is 10.6 Å². The van der Waals surface area contributed by atoms with Crippen molar-refractivity contribution in [2.45, 2.75) is 19.9 Å². The van der Waals surface area contributed by atoms with Crippen molar-refractivity contribution >= 4 is 51.0 Å². The zero-order valence-electron chi connectivity index (χ0n) is 16.6. The Balaban J connectivity index is 1.49. The van der Waals surface area contributed by atoms with E-state index in [-0.39, 0.29) is 0 Å². The van der Waals surface area contributed by atoms with E-state index < -0.39 is 6.09 Å². The van der Waals surface area contributed by atoms with Crippen LogP contribution in [0.5, 0.6) is 0 Å². The Bertz CT molecular complexity index is 1390. The normalized spacial score (nSPS) is 11.3. The van der Waals surface area contributed by atoms with Crippen LogP contribution in [0.4, 0.5) is 22.0 Å². The van der Waals surface area contributed by atoms with Gasteiger partial charge in [0.15, 0.2) is 5.82 Å². The fourth-order valence-electron chi connectivity index (χ4n) is 3.72. The molecule has 1 amide bonds. The molecule has 9 nitrogen and oxygen atoms in total. The molecule has 0 aliphatic rings. The number of thiophene rings is 1. The van der Waals surface area contributed by atoms with Crippen LogP contribution in [0.3, 0.4) is 0 Å². The van der Waals surface area contributed by atoms with Gasteiger partial charge in [-0.1, -0.05) is 13.0 Å². The zero-order valence-corrected chi connectivity index (χ0v) is 17.4. The molecule has 5 rings (SSSR count). The average Bonchev–Trinajstić information content (AvgIpc) is 3.47. The first-order valence-corrected chi connectivity index (χ1v) is 10.6. The molecule has 1 aromatic carbocycles. The highest BCUT2D eigenvalue weighted by molar-refractivity contribution is 7.09. The molecule has 0 unspecified atom stereocenters. The van der Waals surface area contributed by atoms with Crippen molar-refractivity contribution in [1.29, 1.82) is 0 Å². The third kappa shape index (κ3) is 3.57. The predicted octanol–water partition coefficient (Wildman–Crippen LogP) is 4.58. The first-order chi connectivity index (χ1) is 15.1. The lowest BCUT2D eigenvalue weighted by Crippen LogP contribution is -2.07. The van der Waals surface area contributed by atoms with E-state index in [2.05, 4.69) is 37.3 Å². The quantitative estimate of drug-likeness (QED) is 0.361. The van der Waals surface area contributed by atoms with E-state index in [1.54, 1.807) is 22.0 Å². The molecule has 4 aromatic heterocycles. The molecule has 0 bridgehead atoms. The van der Waals surface area contributed by atoms with Gasteiger partial charge in [-0.25, -0.2) is 14.3 Å². The summed E-state index contributed by atoms with van der Waals surface area (Å²) in [6, 6.07) is 10.2. The Labute approximate surface area is 181 Å². The number of carboxylic acid groups (broad SMARTS) is 1. The fraction of sp³-hybridized carbons (Fsp3) is 0.143. The monoisotopic (exact) mass is 433 g/mol. The Morgan fingerprint density at radius 3 is 2.94 bits per heavy atom. The van der Waals surface area contributed by atoms with Crippen molar-refractivity contribution in [2.24, 2.45) is 0 Å². The molecule has 31 heavy (non-hydrogen) atoms. The van der Waals surface area contributed by atoms with Gasteiger partial charge in [-0.15, -0.1) is 11.3 Å². The Morgan fingerprint density at radius 2 is 2.16 bits per heavy atom. The Kier molecular flexibility index (Phi) is 4.75. The van der Waals surface area contributed by atoms with Gasteiger partial charge in [0, 0.05) is 21.5 Å². The second kappa shape index (κ2) is 7.73. The minimum Gasteiger partial charge on any atom is -0.465 e. The highest BCUT2D eigenvalue weighted by atomic mass is 32.1. The summed E-state index contributed by atoms with van der Waals surface area (Å²) < 4.78 is 3.62. The summed E-state index contributed by atoms with van der Waals surface area (Å²) in [4.78, 5) is 16.8. The van der Waals surface area contributed by atoms with Gasteiger partial charge >= 0.3 is 6.09 Å². The number of aromatic nitrogens is 5. The van der Waals surface area contributed by atoms with E-state index in [4.69, 9.17) is 5.11 Å². The Morgan fingerprint density at radius 1 is 1.26 bits per heavy atom. The molecule has 5 aromatic rings. The largest absolute Gasteiger partial charge is 0.465 e. The van der Waals surface area contributed by atoms with Gasteiger partial charge in [0.05, 0.1) is 30.1 Å². The minimum atomic E-state index is -1.11. The van der Waals surface area contributed by atoms with Gasteiger partial charge < -0.3 is 10.4 Å². The number of benzene rings is 1. The number of nitrogens with zero attached hydrogens (tertiary/aromatic N) is 5. The van der Waals surface area contributed by atoms with Crippen LogP contribution >= 0.6 is 11.3 Å². The van der Waals surface area contributed by atoms with Crippen LogP contribution in [0.1, 0.15) is 17.4 Å². The second-order valence-electron chi connectivity index (χ2n) is 6.99. The van der Waals surface area contributed by atoms with E-state index in [9.17, 15) is 4.79 Å². The lowest BCUT2D eigenvalue weighted by molar-refractivity contribution is 0.209. The molecule has 0 aliphatic carbocycles. The number of hydrogen-bond acceptors (Lipinski definition) is 6. The van der Waals surface area contributed by atoms with Crippen molar-refractivity contribution in [3.05, 3.63) is 64.9 Å². The summed E-state index contributed by atoms with van der Waals surface area (Å²) in [5.41, 5.74) is 3.98. The summed E-state index contributed by atoms with van der Waals surface area (Å²) in [5.74, 6) is 0.607. The molecule has 10 heteroatoms. The van der Waals surface area contributed by atoms with Gasteiger partial charge in [0.2, 0.25) is 0 Å². The average molecular weight is 433 g/mol. The van der Waals surface area contributed by atoms with Gasteiger partial charge in [-0.3, -0.25) is 10.00 Å². The molecule has 0 atom stereocenters. The SMILES string of the molecule is CCc1c(NC(=O)O)cn2ncnc(Nc3ccc4c(cnn4Cc4cccs4)c3)c12. The first kappa shape index (κ1) is 19.1. The molecular formula is C21H19N7O2S. The minimum absolute atomic E-state index is 0.504. The van der Waals surface area contributed by atoms with E-state index in [0.717, 1.165) is 34.2 Å². The van der Waals surface area contributed by atoms with Gasteiger partial charge in [-0.05, 0) is 36.1 Å². The number of aryl methyl sites for hydroxylation is 1. The summed E-state index contributed by atoms with van der Waals surface area (Å²) in [5, 5.41) is 26.8. The van der Waals surface area contributed by atoms with Crippen LogP contribution in [-0.4, -0.2) is 35.6 Å². The number of fused-ring (bicyclic) bond motifs is 2. The molecule has 0 saturated carbocycles. The summed E-state index contributed by atoms with van der Waals surface area (Å²) in [6.07, 6.45) is 4.47. The smallest absolute Gasteiger partial charge is 0.409 e. The Hall–Kier alpha value is -3.92. The van der Waals surface area contributed by atoms with Crippen molar-refractivity contribution in [2.75, 3.05) is 10.6 Å². The molecule has 156 valence electrons. The van der Waals surface area contributed by atoms with Crippen LogP contribution in [0.25, 0.3) is 16.4 Å². The second-order valence-corrected chi connectivity index (χ2v) is 8.02. The van der Waals surface area contributed by atoms with Gasteiger partial charge in [0.1, 0.15) is 11.8 Å². The number of anilines is 3. The third-order valence-electron chi connectivity index (χ3n) is 5.06. The molecule has 0 fully saturated rings. The molecule has 0 radical (unpaired) electrons. The maximum Gasteiger partial charge on any atom is 0.409 e. The number of amides is 1. The number of hydrogen-bond donors (Lipinski definition) is 3. The van der Waals surface area contributed by atoms with Crippen molar-refractivity contribution < 1.29 is 9.90 Å². The van der Waals surface area contributed by atoms with Crippen molar-refractivity contribution in [3.8, 4) is 0 Å². The van der Waals surface area contributed by atoms with Gasteiger partial charge in [0.25, 0.3) is 0 Å². The molecule has 0 aliphatic heterocycles. The molecule has 4 heterocycles. The van der Waals surface area contributed by atoms with E-state index in [1.165, 1.54) is 11.2 Å². The topological polar surface area (TPSA) is 109 Å². The highest BCUT2D eigenvalue weighted by Gasteiger charge is 2.16. The summed E-state index contributed by atoms with van der Waals surface area (Å²) >= 11 is 1.71. The first-order valence-electron chi connectivity index (χ1n) is 9.72. The summed E-state index contributed by atoms with van der Waals surface area (Å²) in [6.45, 7) is 2.71. The highest BCUT2D eigenvalue weighted by Crippen LogP contribution is 2.30. The lowest BCUT2D eigenvalue weighted by atomic mass is 10.2. The van der Waals surface area contributed by atoms with Crippen molar-refractivity contribution in [3.63, 3.8) is 0 Å². The van der Waals surface area contributed by atoms with Crippen LogP contribution in [-0.2, 0) is 13.0 Å². The van der Waals surface area contributed by atoms with Crippen LogP contribution in [0.2, 0.25) is 0 Å². The summed E-state index contributed by atoms with van der Waals surface area (Å²) in [7, 11) is 0. The van der Waals surface area contributed by atoms with Gasteiger partial charge in [-0.2, -0.15) is 10.2 Å². The molecular weight excluding hydrogens is 414 g/mol. The maximum atomic E-state index is 11.1. The predicted molar refractivity (Wildman–Crippen MR) is 120 cm³/mol. The number of nitrogens with one attached hydrogen (secondary N) is 2. The van der Waals surface area contributed by atoms with E-state index >= 15 is 0 Å². The van der Waals surface area contributed by atoms with E-state index in [1.807, 2.05) is 42.1 Å². The third-order valence-corrected chi connectivity index (χ3v) is 5.93. The maximum absolute atomic E-state index is 11.1. The molecule has 0 spiro atoms. The lowest BCUT2D eigenvalue weighted by Gasteiger charge is -2.09. The zero-order chi connectivity index (χ0) is 21.4. The molecule has 0 saturated heterocycles. The molecule has 3 N–H and O–H groups in total. The van der Waals surface area contributed by atoms with E-state index in [0.29, 0.717) is 17.9 Å². The number of rotatable bonds is 6. The fourth-order valence-corrected chi connectivity index (χ4v) is 4.41. The van der Waals surface area contributed by atoms with Crippen LogP contribution in [0.15, 0.2) is 54.4 Å². The van der Waals surface area contributed by atoms with Crippen molar-refractivity contribution in [1.82, 2.24) is 24.4 Å². The number of carbonyl (C=O) groups is 1.